The van der Waals surface area contributed by atoms with Crippen LogP contribution in [-0.2, 0) is 52.2 Å². The number of aliphatic hydroxyl groups excluding tert-OH is 1. The number of amides is 1. The van der Waals surface area contributed by atoms with E-state index in [1.54, 1.807) is 27.9 Å². The number of hydrogen-bond donors (Lipinski definition) is 2. The first-order chi connectivity index (χ1) is 28.1. The number of ketones is 1. The molecule has 12 unspecified atom stereocenters. The van der Waals surface area contributed by atoms with Gasteiger partial charge in [-0.05, 0) is 82.8 Å². The number of rotatable bonds is 5. The van der Waals surface area contributed by atoms with E-state index in [9.17, 15) is 14.7 Å². The average molecular weight is 830 g/mol. The lowest BCUT2D eigenvalue weighted by atomic mass is 9.81. The van der Waals surface area contributed by atoms with Crippen molar-refractivity contribution in [2.24, 2.45) is 11.8 Å². The standard InChI is InChI=1S/C45H67NO13/c1-22-14-27-8-10-31-23(2)15-29(51-31)12-13-45-20-36-39(57-45)40-41(56-36)42(58-45)38-32(55-40)11-9-28(53-38)16-25(47)17-30-34(19-33(52-27)24(22)3)54-35(37(30)50-7)18-26(48)21-46-43(49)59-44(4,5)6/h22,26-42,48H,2-3,8-21H2,1,4-7H3,(H,46,49)/t22?,26?,27?,28?,29?,30?,31-,32?,33?,34-,35+,36?,37+,38-,39?,40-,41?,42?,45-/m0/s1. The quantitative estimate of drug-likeness (QED) is 0.357. The van der Waals surface area contributed by atoms with Crippen molar-refractivity contribution in [1.29, 1.82) is 0 Å². The van der Waals surface area contributed by atoms with Crippen molar-refractivity contribution >= 4 is 11.9 Å². The number of hydrogen-bond acceptors (Lipinski definition) is 13. The van der Waals surface area contributed by atoms with E-state index in [4.69, 9.17) is 47.4 Å². The van der Waals surface area contributed by atoms with Crippen molar-refractivity contribution in [3.8, 4) is 0 Å². The summed E-state index contributed by atoms with van der Waals surface area (Å²) in [6.45, 7) is 16.5. The van der Waals surface area contributed by atoms with Gasteiger partial charge in [0.15, 0.2) is 5.79 Å². The molecule has 59 heavy (non-hydrogen) atoms. The highest BCUT2D eigenvalue weighted by atomic mass is 16.8. The molecule has 1 spiro atoms. The molecule has 19 atom stereocenters. The SMILES string of the molecule is C=C1C(C)CC2CC[C@@H]3OC(CC[C@@]45CC6OC7C(O4)[C@H]4OC(CCC4O[C@H]7C6O5)CC(=O)CC4[C@H](CC1O2)O[C@H](CC(O)CNC(=O)OC(C)(C)C)[C@@H]4OC)CC3=C. The fourth-order valence-electron chi connectivity index (χ4n) is 11.8. The number of fused-ring (bicyclic) bond motifs is 6. The number of ether oxygens (including phenoxy) is 10. The summed E-state index contributed by atoms with van der Waals surface area (Å²) in [6.07, 6.45) is 2.78. The number of alkyl carbamates (subject to hydrolysis) is 1. The minimum Gasteiger partial charge on any atom is -0.444 e. The van der Waals surface area contributed by atoms with Crippen molar-refractivity contribution in [2.45, 2.75) is 220 Å². The maximum atomic E-state index is 14.2. The van der Waals surface area contributed by atoms with Crippen LogP contribution in [0.1, 0.15) is 111 Å². The van der Waals surface area contributed by atoms with Crippen LogP contribution < -0.4 is 5.32 Å². The smallest absolute Gasteiger partial charge is 0.407 e. The molecule has 10 heterocycles. The Morgan fingerprint density at radius 2 is 1.56 bits per heavy atom. The molecule has 0 aromatic rings. The molecule has 0 saturated carbocycles. The maximum Gasteiger partial charge on any atom is 0.407 e. The van der Waals surface area contributed by atoms with Crippen LogP contribution in [0.3, 0.4) is 0 Å². The van der Waals surface area contributed by atoms with Crippen LogP contribution in [0.15, 0.2) is 24.3 Å². The Morgan fingerprint density at radius 3 is 2.36 bits per heavy atom. The largest absolute Gasteiger partial charge is 0.444 e. The molecule has 1 amide bonds. The molecule has 10 rings (SSSR count). The van der Waals surface area contributed by atoms with E-state index in [1.807, 2.05) is 0 Å². The second-order valence-electron chi connectivity index (χ2n) is 20.1. The zero-order valence-corrected chi connectivity index (χ0v) is 35.6. The van der Waals surface area contributed by atoms with E-state index in [0.717, 1.165) is 49.7 Å². The number of carbonyl (C=O) groups is 2. The maximum absolute atomic E-state index is 14.2. The Labute approximate surface area is 348 Å². The molecule has 2 N–H and O–H groups in total. The Kier molecular flexibility index (Phi) is 11.9. The molecule has 0 radical (unpaired) electrons. The van der Waals surface area contributed by atoms with Crippen LogP contribution in [0, 0.1) is 11.8 Å². The molecule has 12 bridgehead atoms. The number of Topliss-reactive ketones (excluding diaryl/α,β-unsaturated/α-hetero) is 1. The van der Waals surface area contributed by atoms with Gasteiger partial charge in [0.2, 0.25) is 0 Å². The van der Waals surface area contributed by atoms with Crippen LogP contribution in [0.5, 0.6) is 0 Å². The van der Waals surface area contributed by atoms with Crippen LogP contribution in [0.2, 0.25) is 0 Å². The first kappa shape index (κ1) is 42.3. The van der Waals surface area contributed by atoms with Crippen molar-refractivity contribution in [3.05, 3.63) is 24.3 Å². The fraction of sp³-hybridized carbons (Fsp3) is 0.867. The highest BCUT2D eigenvalue weighted by Gasteiger charge is 2.68. The third-order valence-electron chi connectivity index (χ3n) is 14.6. The van der Waals surface area contributed by atoms with E-state index in [-0.39, 0.29) is 117 Å². The highest BCUT2D eigenvalue weighted by molar-refractivity contribution is 5.79. The number of aliphatic hydroxyl groups is 1. The first-order valence-corrected chi connectivity index (χ1v) is 22.5. The Hall–Kier alpha value is -1.98. The summed E-state index contributed by atoms with van der Waals surface area (Å²) >= 11 is 0. The number of carbonyl (C=O) groups excluding carboxylic acids is 2. The molecule has 10 saturated heterocycles. The average Bonchev–Trinajstić information content (AvgIpc) is 3.85. The summed E-state index contributed by atoms with van der Waals surface area (Å²) < 4.78 is 65.7. The summed E-state index contributed by atoms with van der Waals surface area (Å²) in [6, 6.07) is 0. The minimum atomic E-state index is -0.935. The van der Waals surface area contributed by atoms with E-state index in [1.165, 1.54) is 0 Å². The monoisotopic (exact) mass is 829 g/mol. The van der Waals surface area contributed by atoms with Gasteiger partial charge >= 0.3 is 6.09 Å². The molecule has 14 nitrogen and oxygen atoms in total. The van der Waals surface area contributed by atoms with Gasteiger partial charge in [-0.3, -0.25) is 4.79 Å². The first-order valence-electron chi connectivity index (χ1n) is 22.5. The Bertz CT molecular complexity index is 1600. The van der Waals surface area contributed by atoms with Crippen LogP contribution in [-0.4, -0.2) is 140 Å². The van der Waals surface area contributed by atoms with E-state index in [2.05, 4.69) is 25.4 Å². The molecule has 0 aromatic carbocycles. The lowest BCUT2D eigenvalue weighted by molar-refractivity contribution is -0.292. The second-order valence-corrected chi connectivity index (χ2v) is 20.1. The normalized spacial score (nSPS) is 47.7. The highest BCUT2D eigenvalue weighted by Crippen LogP contribution is 2.54. The zero-order valence-electron chi connectivity index (χ0n) is 35.6. The zero-order chi connectivity index (χ0) is 41.4. The van der Waals surface area contributed by atoms with E-state index < -0.39 is 41.9 Å². The van der Waals surface area contributed by atoms with Gasteiger partial charge in [0.1, 0.15) is 41.9 Å². The summed E-state index contributed by atoms with van der Waals surface area (Å²) in [5, 5.41) is 13.8. The van der Waals surface area contributed by atoms with Crippen molar-refractivity contribution in [3.63, 3.8) is 0 Å². The molecular weight excluding hydrogens is 762 g/mol. The van der Waals surface area contributed by atoms with Crippen LogP contribution in [0.4, 0.5) is 4.79 Å². The van der Waals surface area contributed by atoms with Crippen LogP contribution >= 0.6 is 0 Å². The van der Waals surface area contributed by atoms with Gasteiger partial charge in [0, 0.05) is 58.1 Å². The van der Waals surface area contributed by atoms with Gasteiger partial charge in [-0.1, -0.05) is 20.1 Å². The lowest BCUT2D eigenvalue weighted by Gasteiger charge is -2.47. The Morgan fingerprint density at radius 1 is 0.831 bits per heavy atom. The van der Waals surface area contributed by atoms with E-state index in [0.29, 0.717) is 25.7 Å². The summed E-state index contributed by atoms with van der Waals surface area (Å²) in [7, 11) is 1.63. The van der Waals surface area contributed by atoms with Gasteiger partial charge in [0.25, 0.3) is 0 Å². The van der Waals surface area contributed by atoms with Gasteiger partial charge < -0.3 is 57.8 Å². The predicted octanol–water partition coefficient (Wildman–Crippen LogP) is 5.00. The van der Waals surface area contributed by atoms with Crippen molar-refractivity contribution < 1.29 is 62.1 Å². The van der Waals surface area contributed by atoms with Crippen molar-refractivity contribution in [1.82, 2.24) is 5.32 Å². The lowest BCUT2D eigenvalue weighted by Crippen LogP contribution is -2.61. The van der Waals surface area contributed by atoms with Gasteiger partial charge in [-0.25, -0.2) is 4.79 Å². The molecule has 10 fully saturated rings. The molecule has 0 aliphatic carbocycles. The van der Waals surface area contributed by atoms with Gasteiger partial charge in [-0.2, -0.15) is 0 Å². The van der Waals surface area contributed by atoms with E-state index >= 15 is 0 Å². The van der Waals surface area contributed by atoms with Gasteiger partial charge in [0.05, 0.1) is 67.1 Å². The summed E-state index contributed by atoms with van der Waals surface area (Å²) in [5.74, 6) is -0.821. The summed E-state index contributed by atoms with van der Waals surface area (Å²) in [4.78, 5) is 26.6. The third kappa shape index (κ3) is 8.71. The molecular formula is C45H67NO13. The van der Waals surface area contributed by atoms with Crippen molar-refractivity contribution in [2.75, 3.05) is 13.7 Å². The number of methoxy groups -OCH3 is 1. The molecule has 10 aliphatic rings. The Balaban J connectivity index is 0.955. The summed E-state index contributed by atoms with van der Waals surface area (Å²) in [5.41, 5.74) is 1.48. The minimum absolute atomic E-state index is 0.000416. The third-order valence-corrected chi connectivity index (χ3v) is 14.6. The second kappa shape index (κ2) is 16.6. The molecule has 0 aromatic heterocycles. The predicted molar refractivity (Wildman–Crippen MR) is 211 cm³/mol. The van der Waals surface area contributed by atoms with Crippen LogP contribution in [0.25, 0.3) is 0 Å². The molecule has 10 aliphatic heterocycles. The molecule has 14 heteroatoms. The molecule has 330 valence electrons. The fourth-order valence-corrected chi connectivity index (χ4v) is 11.8. The topological polar surface area (TPSA) is 159 Å². The number of nitrogens with one attached hydrogen (secondary N) is 1. The van der Waals surface area contributed by atoms with Gasteiger partial charge in [-0.15, -0.1) is 0 Å².